The SMILES string of the molecule is Cc1ccccc1CN1CCC(CCC(=O)c2ccc3c(c2)CN(Cc2ccccc2)CCO3)CC1.Cl.Cl. The topological polar surface area (TPSA) is 32.8 Å². The number of likely N-dealkylation sites (tertiary alicyclic amines) is 1. The van der Waals surface area contributed by atoms with Crippen LogP contribution in [0.25, 0.3) is 0 Å². The Morgan fingerprint density at radius 3 is 2.37 bits per heavy atom. The summed E-state index contributed by atoms with van der Waals surface area (Å²) in [6.45, 7) is 8.75. The highest BCUT2D eigenvalue weighted by atomic mass is 35.5. The van der Waals surface area contributed by atoms with E-state index in [9.17, 15) is 4.79 Å². The molecule has 4 nitrogen and oxygen atoms in total. The number of carbonyl (C=O) groups is 1. The molecule has 0 spiro atoms. The lowest BCUT2D eigenvalue weighted by Gasteiger charge is -2.32. The van der Waals surface area contributed by atoms with Crippen molar-refractivity contribution in [1.82, 2.24) is 9.80 Å². The normalized spacial score (nSPS) is 16.3. The molecule has 3 aromatic carbocycles. The lowest BCUT2D eigenvalue weighted by molar-refractivity contribution is 0.0961. The van der Waals surface area contributed by atoms with Crippen LogP contribution in [0.2, 0.25) is 0 Å². The fourth-order valence-electron chi connectivity index (χ4n) is 5.54. The standard InChI is InChI=1S/C32H38N2O2.2ClH/c1-25-7-5-6-10-29(25)23-33-17-15-26(16-18-33)11-13-31(35)28-12-14-32-30(21-28)24-34(19-20-36-32)22-27-8-3-2-4-9-27;;/h2-10,12,14,21,26H,11,13,15-20,22-24H2,1H3;2*1H. The highest BCUT2D eigenvalue weighted by Crippen LogP contribution is 2.28. The van der Waals surface area contributed by atoms with Gasteiger partial charge in [-0.15, -0.1) is 24.8 Å². The summed E-state index contributed by atoms with van der Waals surface area (Å²) in [4.78, 5) is 18.1. The van der Waals surface area contributed by atoms with Crippen LogP contribution in [0.3, 0.4) is 0 Å². The van der Waals surface area contributed by atoms with Crippen LogP contribution in [0.15, 0.2) is 72.8 Å². The number of benzene rings is 3. The van der Waals surface area contributed by atoms with Crippen molar-refractivity contribution in [2.45, 2.75) is 52.2 Å². The Morgan fingerprint density at radius 2 is 1.61 bits per heavy atom. The van der Waals surface area contributed by atoms with E-state index in [4.69, 9.17) is 4.74 Å². The van der Waals surface area contributed by atoms with E-state index in [-0.39, 0.29) is 30.6 Å². The molecule has 0 aliphatic carbocycles. The van der Waals surface area contributed by atoms with Gasteiger partial charge in [-0.3, -0.25) is 14.6 Å². The largest absolute Gasteiger partial charge is 0.492 e. The molecule has 0 N–H and O–H groups in total. The minimum absolute atomic E-state index is 0. The fourth-order valence-corrected chi connectivity index (χ4v) is 5.54. The van der Waals surface area contributed by atoms with Crippen LogP contribution in [0.5, 0.6) is 5.75 Å². The number of aryl methyl sites for hydroxylation is 1. The number of rotatable bonds is 8. The zero-order chi connectivity index (χ0) is 24.7. The van der Waals surface area contributed by atoms with Gasteiger partial charge in [-0.1, -0.05) is 54.6 Å². The van der Waals surface area contributed by atoms with Gasteiger partial charge in [0.1, 0.15) is 12.4 Å². The molecule has 0 aromatic heterocycles. The van der Waals surface area contributed by atoms with Crippen molar-refractivity contribution in [1.29, 1.82) is 0 Å². The van der Waals surface area contributed by atoms with E-state index in [1.54, 1.807) is 0 Å². The minimum Gasteiger partial charge on any atom is -0.492 e. The Balaban J connectivity index is 0.00000200. The van der Waals surface area contributed by atoms with Crippen LogP contribution in [-0.4, -0.2) is 41.8 Å². The number of piperidine rings is 1. The number of hydrogen-bond acceptors (Lipinski definition) is 4. The van der Waals surface area contributed by atoms with Crippen LogP contribution in [0.1, 0.15) is 58.3 Å². The molecule has 0 unspecified atom stereocenters. The van der Waals surface area contributed by atoms with Gasteiger partial charge in [-0.25, -0.2) is 0 Å². The third kappa shape index (κ3) is 8.07. The molecule has 3 aromatic rings. The Morgan fingerprint density at radius 1 is 0.868 bits per heavy atom. The summed E-state index contributed by atoms with van der Waals surface area (Å²) in [5, 5.41) is 0. The number of carbonyl (C=O) groups excluding carboxylic acids is 1. The van der Waals surface area contributed by atoms with Crippen molar-refractivity contribution in [3.05, 3.63) is 101 Å². The first kappa shape index (κ1) is 30.2. The van der Waals surface area contributed by atoms with Crippen molar-refractivity contribution in [2.75, 3.05) is 26.2 Å². The maximum Gasteiger partial charge on any atom is 0.162 e. The van der Waals surface area contributed by atoms with E-state index in [2.05, 4.69) is 77.4 Å². The van der Waals surface area contributed by atoms with Crippen molar-refractivity contribution >= 4 is 30.6 Å². The van der Waals surface area contributed by atoms with Gasteiger partial charge in [0, 0.05) is 43.7 Å². The zero-order valence-electron chi connectivity index (χ0n) is 22.3. The third-order valence-corrected chi connectivity index (χ3v) is 7.83. The third-order valence-electron chi connectivity index (χ3n) is 7.83. The number of nitrogens with zero attached hydrogens (tertiary/aromatic N) is 2. The summed E-state index contributed by atoms with van der Waals surface area (Å²) < 4.78 is 6.01. The number of fused-ring (bicyclic) bond motifs is 1. The van der Waals surface area contributed by atoms with Crippen molar-refractivity contribution in [3.8, 4) is 5.75 Å². The molecule has 2 aliphatic rings. The first-order valence-electron chi connectivity index (χ1n) is 13.5. The van der Waals surface area contributed by atoms with Crippen molar-refractivity contribution in [3.63, 3.8) is 0 Å². The van der Waals surface area contributed by atoms with E-state index in [0.29, 0.717) is 18.9 Å². The minimum atomic E-state index is 0. The number of Topliss-reactive ketones (excluding diaryl/α,β-unsaturated/α-hetero) is 1. The molecule has 0 bridgehead atoms. The monoisotopic (exact) mass is 554 g/mol. The summed E-state index contributed by atoms with van der Waals surface area (Å²) in [6.07, 6.45) is 4.00. The lowest BCUT2D eigenvalue weighted by atomic mass is 9.90. The van der Waals surface area contributed by atoms with E-state index >= 15 is 0 Å². The average Bonchev–Trinajstić information content (AvgIpc) is 3.11. The molecular weight excluding hydrogens is 515 g/mol. The number of halogens is 2. The Bertz CT molecular complexity index is 1160. The smallest absolute Gasteiger partial charge is 0.162 e. The summed E-state index contributed by atoms with van der Waals surface area (Å²) >= 11 is 0. The van der Waals surface area contributed by atoms with Crippen molar-refractivity contribution in [2.24, 2.45) is 5.92 Å². The van der Waals surface area contributed by atoms with Gasteiger partial charge in [0.05, 0.1) is 0 Å². The Labute approximate surface area is 240 Å². The van der Waals surface area contributed by atoms with Crippen LogP contribution in [0.4, 0.5) is 0 Å². The first-order valence-corrected chi connectivity index (χ1v) is 13.5. The second-order valence-electron chi connectivity index (χ2n) is 10.5. The zero-order valence-corrected chi connectivity index (χ0v) is 23.9. The molecule has 0 amide bonds. The second-order valence-corrected chi connectivity index (χ2v) is 10.5. The average molecular weight is 556 g/mol. The number of ether oxygens (including phenoxy) is 1. The fraction of sp³-hybridized carbons (Fsp3) is 0.406. The molecule has 204 valence electrons. The van der Waals surface area contributed by atoms with Gasteiger partial charge >= 0.3 is 0 Å². The molecule has 2 aliphatic heterocycles. The van der Waals surface area contributed by atoms with E-state index in [1.807, 2.05) is 12.1 Å². The van der Waals surface area contributed by atoms with Gasteiger partial charge in [-0.05, 0) is 80.1 Å². The van der Waals surface area contributed by atoms with E-state index in [1.165, 1.54) is 29.5 Å². The van der Waals surface area contributed by atoms with Gasteiger partial charge < -0.3 is 4.74 Å². The predicted octanol–water partition coefficient (Wildman–Crippen LogP) is 7.11. The lowest BCUT2D eigenvalue weighted by Crippen LogP contribution is -2.33. The van der Waals surface area contributed by atoms with E-state index < -0.39 is 0 Å². The molecule has 0 saturated carbocycles. The predicted molar refractivity (Wildman–Crippen MR) is 160 cm³/mol. The molecule has 6 heteroatoms. The highest BCUT2D eigenvalue weighted by molar-refractivity contribution is 5.96. The van der Waals surface area contributed by atoms with Gasteiger partial charge in [-0.2, -0.15) is 0 Å². The maximum absolute atomic E-state index is 13.1. The molecule has 0 atom stereocenters. The summed E-state index contributed by atoms with van der Waals surface area (Å²) in [5.74, 6) is 1.83. The molecule has 1 saturated heterocycles. The molecule has 38 heavy (non-hydrogen) atoms. The van der Waals surface area contributed by atoms with Crippen LogP contribution >= 0.6 is 24.8 Å². The Hall–Kier alpha value is -2.37. The van der Waals surface area contributed by atoms with Gasteiger partial charge in [0.25, 0.3) is 0 Å². The van der Waals surface area contributed by atoms with E-state index in [0.717, 1.165) is 62.6 Å². The second kappa shape index (κ2) is 14.7. The molecule has 1 fully saturated rings. The molecule has 5 rings (SSSR count). The quantitative estimate of drug-likeness (QED) is 0.278. The van der Waals surface area contributed by atoms with Crippen LogP contribution < -0.4 is 4.74 Å². The molecular formula is C32H40Cl2N2O2. The van der Waals surface area contributed by atoms with Crippen LogP contribution in [-0.2, 0) is 19.6 Å². The van der Waals surface area contributed by atoms with Gasteiger partial charge in [0.15, 0.2) is 5.78 Å². The Kier molecular flexibility index (Phi) is 11.7. The van der Waals surface area contributed by atoms with Crippen LogP contribution in [0, 0.1) is 12.8 Å². The number of ketones is 1. The first-order chi connectivity index (χ1) is 17.6. The highest BCUT2D eigenvalue weighted by Gasteiger charge is 2.22. The summed E-state index contributed by atoms with van der Waals surface area (Å²) in [7, 11) is 0. The molecule has 0 radical (unpaired) electrons. The molecule has 2 heterocycles. The van der Waals surface area contributed by atoms with Crippen molar-refractivity contribution < 1.29 is 9.53 Å². The summed E-state index contributed by atoms with van der Waals surface area (Å²) in [6, 6.07) is 25.3. The maximum atomic E-state index is 13.1. The van der Waals surface area contributed by atoms with Gasteiger partial charge in [0.2, 0.25) is 0 Å². The number of hydrogen-bond donors (Lipinski definition) is 0. The summed E-state index contributed by atoms with van der Waals surface area (Å²) in [5.41, 5.74) is 6.06.